The number of methoxy groups -OCH3 is 1. The van der Waals surface area contributed by atoms with Gasteiger partial charge in [-0.3, -0.25) is 0 Å². The van der Waals surface area contributed by atoms with E-state index in [1.54, 1.807) is 7.11 Å². The van der Waals surface area contributed by atoms with Gasteiger partial charge in [0.05, 0.1) is 6.61 Å². The van der Waals surface area contributed by atoms with Crippen LogP contribution >= 0.6 is 0 Å². The highest BCUT2D eigenvalue weighted by atomic mass is 19.4. The van der Waals surface area contributed by atoms with Gasteiger partial charge in [0.2, 0.25) is 5.82 Å². The van der Waals surface area contributed by atoms with Gasteiger partial charge in [0, 0.05) is 38.6 Å². The highest BCUT2D eigenvalue weighted by Gasteiger charge is 2.35. The molecule has 0 aromatic carbocycles. The van der Waals surface area contributed by atoms with Crippen LogP contribution in [0.25, 0.3) is 0 Å². The van der Waals surface area contributed by atoms with Crippen molar-refractivity contribution in [1.82, 2.24) is 19.9 Å². The van der Waals surface area contributed by atoms with Crippen LogP contribution in [0.3, 0.4) is 0 Å². The quantitative estimate of drug-likeness (QED) is 0.329. The number of aliphatic carboxylic acids is 1. The summed E-state index contributed by atoms with van der Waals surface area (Å²) in [6, 6.07) is 4.34. The van der Waals surface area contributed by atoms with Gasteiger partial charge in [0.15, 0.2) is 0 Å². The number of nitrogens with zero attached hydrogens (tertiary/aromatic N) is 4. The minimum atomic E-state index is -4.71. The van der Waals surface area contributed by atoms with Gasteiger partial charge in [0.1, 0.15) is 17.7 Å². The lowest BCUT2D eigenvalue weighted by atomic mass is 10.1. The van der Waals surface area contributed by atoms with E-state index in [9.17, 15) is 23.1 Å². The predicted octanol–water partition coefficient (Wildman–Crippen LogP) is 3.48. The number of anilines is 2. The van der Waals surface area contributed by atoms with Gasteiger partial charge in [-0.25, -0.2) is 19.7 Å². The maximum Gasteiger partial charge on any atom is 0.451 e. The fraction of sp³-hybridized carbons (Fsp3) is 0.583. The molecule has 0 radical (unpaired) electrons. The first-order valence-corrected chi connectivity index (χ1v) is 12.1. The number of carbonyl (C=O) groups is 1. The van der Waals surface area contributed by atoms with E-state index in [0.717, 1.165) is 62.9 Å². The molecule has 2 aromatic rings. The smallest absolute Gasteiger partial charge is 0.451 e. The zero-order valence-electron chi connectivity index (χ0n) is 20.4. The van der Waals surface area contributed by atoms with Crippen molar-refractivity contribution < 1.29 is 27.8 Å². The van der Waals surface area contributed by atoms with Crippen molar-refractivity contribution in [3.8, 4) is 0 Å². The third-order valence-corrected chi connectivity index (χ3v) is 5.98. The Balaban J connectivity index is 1.50. The lowest BCUT2D eigenvalue weighted by Crippen LogP contribution is -2.37. The van der Waals surface area contributed by atoms with Crippen LogP contribution in [0.5, 0.6) is 0 Å². The van der Waals surface area contributed by atoms with Crippen molar-refractivity contribution in [3.05, 3.63) is 41.5 Å². The number of hydrogen-bond acceptors (Lipinski definition) is 8. The van der Waals surface area contributed by atoms with Crippen LogP contribution in [0.2, 0.25) is 0 Å². The summed E-state index contributed by atoms with van der Waals surface area (Å²) in [4.78, 5) is 25.2. The lowest BCUT2D eigenvalue weighted by molar-refractivity contribution is -0.144. The van der Waals surface area contributed by atoms with E-state index in [0.29, 0.717) is 19.7 Å². The molecule has 0 bridgehead atoms. The second kappa shape index (κ2) is 13.4. The summed E-state index contributed by atoms with van der Waals surface area (Å²) in [5.41, 5.74) is 2.30. The molecule has 2 aromatic heterocycles. The zero-order valence-corrected chi connectivity index (χ0v) is 20.4. The van der Waals surface area contributed by atoms with Crippen LogP contribution in [0.4, 0.5) is 24.8 Å². The predicted molar refractivity (Wildman–Crippen MR) is 129 cm³/mol. The van der Waals surface area contributed by atoms with Gasteiger partial charge in [-0.1, -0.05) is 6.07 Å². The van der Waals surface area contributed by atoms with Crippen molar-refractivity contribution in [2.45, 2.75) is 50.7 Å². The number of aryl methyl sites for hydroxylation is 2. The van der Waals surface area contributed by atoms with Crippen LogP contribution in [-0.4, -0.2) is 76.9 Å². The van der Waals surface area contributed by atoms with E-state index in [-0.39, 0.29) is 12.2 Å². The fourth-order valence-electron chi connectivity index (χ4n) is 4.03. The van der Waals surface area contributed by atoms with Crippen LogP contribution in [0, 0.1) is 0 Å². The zero-order chi connectivity index (χ0) is 26.0. The Labute approximate surface area is 208 Å². The minimum Gasteiger partial charge on any atom is -0.480 e. The topological polar surface area (TPSA) is 113 Å². The van der Waals surface area contributed by atoms with E-state index in [1.165, 1.54) is 11.6 Å². The van der Waals surface area contributed by atoms with Crippen LogP contribution < -0.4 is 10.6 Å². The van der Waals surface area contributed by atoms with Gasteiger partial charge in [0.25, 0.3) is 0 Å². The van der Waals surface area contributed by atoms with Crippen molar-refractivity contribution in [1.29, 1.82) is 0 Å². The molecule has 3 N–H and O–H groups in total. The third kappa shape index (κ3) is 8.59. The van der Waals surface area contributed by atoms with Crippen LogP contribution in [-0.2, 0) is 28.5 Å². The summed E-state index contributed by atoms with van der Waals surface area (Å²) in [7, 11) is 1.60. The number of rotatable bonds is 14. The van der Waals surface area contributed by atoms with Crippen molar-refractivity contribution in [2.24, 2.45) is 0 Å². The number of halogens is 3. The average Bonchev–Trinajstić information content (AvgIpc) is 2.86. The maximum atomic E-state index is 12.9. The monoisotopic (exact) mass is 510 g/mol. The number of unbranched alkanes of at least 4 members (excludes halogenated alkanes) is 1. The molecular weight excluding hydrogens is 477 g/mol. The molecule has 12 heteroatoms. The summed E-state index contributed by atoms with van der Waals surface area (Å²) in [6.07, 6.45) is 1.27. The molecule has 9 nitrogen and oxygen atoms in total. The van der Waals surface area contributed by atoms with E-state index < -0.39 is 24.0 Å². The van der Waals surface area contributed by atoms with E-state index in [4.69, 9.17) is 9.72 Å². The summed E-state index contributed by atoms with van der Waals surface area (Å²) >= 11 is 0. The molecule has 1 aliphatic rings. The summed E-state index contributed by atoms with van der Waals surface area (Å²) in [5.74, 6) is -1.68. The molecule has 0 fully saturated rings. The number of alkyl halides is 3. The SMILES string of the molecule is COCCN(CCCCc1ccc2c(n1)NCCC2)CC[C@H](Nc1ccnc(C(F)(F)F)n1)C(=O)O. The van der Waals surface area contributed by atoms with Gasteiger partial charge in [-0.05, 0) is 62.8 Å². The first-order valence-electron chi connectivity index (χ1n) is 12.1. The Bertz CT molecular complexity index is 992. The molecule has 0 unspecified atom stereocenters. The fourth-order valence-corrected chi connectivity index (χ4v) is 4.03. The Morgan fingerprint density at radius 3 is 2.81 bits per heavy atom. The lowest BCUT2D eigenvalue weighted by Gasteiger charge is -2.24. The summed E-state index contributed by atoms with van der Waals surface area (Å²) in [6.45, 7) is 3.24. The highest BCUT2D eigenvalue weighted by Crippen LogP contribution is 2.26. The number of hydrogen-bond donors (Lipinski definition) is 3. The van der Waals surface area contributed by atoms with Crippen molar-refractivity contribution >= 4 is 17.6 Å². The second-order valence-electron chi connectivity index (χ2n) is 8.72. The van der Waals surface area contributed by atoms with Crippen molar-refractivity contribution in [2.75, 3.05) is 50.5 Å². The van der Waals surface area contributed by atoms with Crippen LogP contribution in [0.1, 0.15) is 42.8 Å². The largest absolute Gasteiger partial charge is 0.480 e. The Morgan fingerprint density at radius 2 is 2.06 bits per heavy atom. The number of carboxylic acid groups (broad SMARTS) is 1. The molecule has 0 amide bonds. The molecule has 36 heavy (non-hydrogen) atoms. The van der Waals surface area contributed by atoms with Gasteiger partial charge < -0.3 is 25.4 Å². The highest BCUT2D eigenvalue weighted by molar-refractivity contribution is 5.76. The molecule has 3 heterocycles. The molecule has 198 valence electrons. The Hall–Kier alpha value is -2.99. The number of fused-ring (bicyclic) bond motifs is 1. The normalized spacial score (nSPS) is 14.2. The molecule has 0 saturated heterocycles. The number of carboxylic acids is 1. The standard InChI is InChI=1S/C24H33F3N6O3/c1-36-16-15-33(13-3-2-6-18-8-7-17-5-4-11-28-21(17)30-18)14-10-19(22(34)35)31-20-9-12-29-23(32-20)24(25,26)27/h7-9,12,19H,2-6,10-11,13-16H2,1H3,(H,28,30)(H,34,35)(H,29,31,32)/t19-/m0/s1. The maximum absolute atomic E-state index is 12.9. The second-order valence-corrected chi connectivity index (χ2v) is 8.72. The van der Waals surface area contributed by atoms with E-state index in [1.807, 2.05) is 0 Å². The molecule has 1 atom stereocenters. The number of aromatic nitrogens is 3. The molecule has 1 aliphatic heterocycles. The average molecular weight is 511 g/mol. The molecule has 0 saturated carbocycles. The van der Waals surface area contributed by atoms with Gasteiger partial charge in [-0.15, -0.1) is 0 Å². The molecular formula is C24H33F3N6O3. The molecule has 3 rings (SSSR count). The van der Waals surface area contributed by atoms with Crippen LogP contribution in [0.15, 0.2) is 24.4 Å². The van der Waals surface area contributed by atoms with E-state index >= 15 is 0 Å². The number of nitrogens with one attached hydrogen (secondary N) is 2. The number of pyridine rings is 1. The minimum absolute atomic E-state index is 0.180. The number of ether oxygens (including phenoxy) is 1. The van der Waals surface area contributed by atoms with E-state index in [2.05, 4.69) is 37.6 Å². The first-order chi connectivity index (χ1) is 17.3. The summed E-state index contributed by atoms with van der Waals surface area (Å²) in [5, 5.41) is 15.5. The Morgan fingerprint density at radius 1 is 1.22 bits per heavy atom. The third-order valence-electron chi connectivity index (χ3n) is 5.98. The Kier molecular flexibility index (Phi) is 10.2. The van der Waals surface area contributed by atoms with Gasteiger partial charge in [-0.2, -0.15) is 13.2 Å². The first kappa shape index (κ1) is 27.6. The van der Waals surface area contributed by atoms with Gasteiger partial charge >= 0.3 is 12.1 Å². The summed E-state index contributed by atoms with van der Waals surface area (Å²) < 4.78 is 43.8. The molecule has 0 aliphatic carbocycles. The van der Waals surface area contributed by atoms with Crippen molar-refractivity contribution in [3.63, 3.8) is 0 Å². The molecule has 0 spiro atoms.